The Balaban J connectivity index is 2.22. The standard InChI is InChI=1S/C12H20N4O2S/c1-9-5-2-3-6-10(9)16-19(17,18)12-11(15-13)7-4-8-14-12/h4,7-10,15-16H,2-3,5-6,13H2,1H3. The average Bonchev–Trinajstić information content (AvgIpc) is 2.41. The van der Waals surface area contributed by atoms with Gasteiger partial charge in [-0.2, -0.15) is 0 Å². The number of anilines is 1. The van der Waals surface area contributed by atoms with E-state index in [0.717, 1.165) is 19.3 Å². The lowest BCUT2D eigenvalue weighted by Crippen LogP contribution is -2.41. The quantitative estimate of drug-likeness (QED) is 0.570. The molecule has 1 aliphatic carbocycles. The molecular weight excluding hydrogens is 264 g/mol. The van der Waals surface area contributed by atoms with Gasteiger partial charge in [-0.3, -0.25) is 5.84 Å². The van der Waals surface area contributed by atoms with Crippen LogP contribution in [0.25, 0.3) is 0 Å². The zero-order chi connectivity index (χ0) is 13.9. The Bertz CT molecular complexity index is 532. The number of nitrogens with zero attached hydrogens (tertiary/aromatic N) is 1. The monoisotopic (exact) mass is 284 g/mol. The molecule has 0 saturated heterocycles. The summed E-state index contributed by atoms with van der Waals surface area (Å²) in [5.74, 6) is 5.67. The summed E-state index contributed by atoms with van der Waals surface area (Å²) in [6, 6.07) is 3.20. The van der Waals surface area contributed by atoms with E-state index in [9.17, 15) is 8.42 Å². The maximum Gasteiger partial charge on any atom is 0.260 e. The SMILES string of the molecule is CC1CCCCC1NS(=O)(=O)c1ncccc1NN. The fourth-order valence-electron chi connectivity index (χ4n) is 2.46. The minimum absolute atomic E-state index is 0.0219. The van der Waals surface area contributed by atoms with Crippen LogP contribution in [0.4, 0.5) is 5.69 Å². The molecule has 1 saturated carbocycles. The van der Waals surface area contributed by atoms with Crippen molar-refractivity contribution in [2.45, 2.75) is 43.7 Å². The Morgan fingerprint density at radius 1 is 1.37 bits per heavy atom. The summed E-state index contributed by atoms with van der Waals surface area (Å²) < 4.78 is 27.5. The number of hydrazine groups is 1. The van der Waals surface area contributed by atoms with Crippen LogP contribution in [-0.4, -0.2) is 19.4 Å². The Labute approximate surface area is 113 Å². The molecule has 2 unspecified atom stereocenters. The molecule has 7 heteroatoms. The number of nitrogen functional groups attached to an aromatic ring is 1. The van der Waals surface area contributed by atoms with Crippen LogP contribution in [0.3, 0.4) is 0 Å². The van der Waals surface area contributed by atoms with Crippen molar-refractivity contribution in [2.75, 3.05) is 5.43 Å². The minimum Gasteiger partial charge on any atom is -0.321 e. The molecule has 19 heavy (non-hydrogen) atoms. The average molecular weight is 284 g/mol. The molecular formula is C12H20N4O2S. The first-order chi connectivity index (χ1) is 9.04. The van der Waals surface area contributed by atoms with E-state index in [4.69, 9.17) is 5.84 Å². The molecule has 1 aromatic heterocycles. The highest BCUT2D eigenvalue weighted by Crippen LogP contribution is 2.26. The zero-order valence-corrected chi connectivity index (χ0v) is 11.8. The third-order valence-corrected chi connectivity index (χ3v) is 5.05. The molecule has 106 valence electrons. The number of nitrogens with two attached hydrogens (primary N) is 1. The van der Waals surface area contributed by atoms with Crippen LogP contribution in [0.1, 0.15) is 32.6 Å². The van der Waals surface area contributed by atoms with Crippen LogP contribution >= 0.6 is 0 Å². The molecule has 0 spiro atoms. The molecule has 1 aliphatic rings. The Hall–Kier alpha value is -1.18. The van der Waals surface area contributed by atoms with Gasteiger partial charge >= 0.3 is 0 Å². The summed E-state index contributed by atoms with van der Waals surface area (Å²) >= 11 is 0. The number of rotatable bonds is 4. The molecule has 0 amide bonds. The summed E-state index contributed by atoms with van der Waals surface area (Å²) in [6.07, 6.45) is 5.59. The first-order valence-corrected chi connectivity index (χ1v) is 7.97. The number of nitrogens with one attached hydrogen (secondary N) is 2. The molecule has 1 aromatic rings. The fourth-order valence-corrected chi connectivity index (χ4v) is 3.94. The van der Waals surface area contributed by atoms with E-state index in [1.165, 1.54) is 12.6 Å². The maximum atomic E-state index is 12.4. The van der Waals surface area contributed by atoms with Crippen molar-refractivity contribution in [2.24, 2.45) is 11.8 Å². The molecule has 1 fully saturated rings. The van der Waals surface area contributed by atoms with Crippen molar-refractivity contribution >= 4 is 15.7 Å². The van der Waals surface area contributed by atoms with Crippen LogP contribution in [0.5, 0.6) is 0 Å². The third-order valence-electron chi connectivity index (χ3n) is 3.60. The van der Waals surface area contributed by atoms with E-state index in [1.54, 1.807) is 12.1 Å². The van der Waals surface area contributed by atoms with Crippen molar-refractivity contribution in [1.82, 2.24) is 9.71 Å². The second-order valence-electron chi connectivity index (χ2n) is 4.99. The molecule has 0 radical (unpaired) electrons. The fraction of sp³-hybridized carbons (Fsp3) is 0.583. The van der Waals surface area contributed by atoms with Crippen LogP contribution < -0.4 is 16.0 Å². The van der Waals surface area contributed by atoms with Gasteiger partial charge < -0.3 is 5.43 Å². The molecule has 0 bridgehead atoms. The third kappa shape index (κ3) is 3.23. The number of aromatic nitrogens is 1. The topological polar surface area (TPSA) is 97.1 Å². The smallest absolute Gasteiger partial charge is 0.260 e. The van der Waals surface area contributed by atoms with Gasteiger partial charge in [0.25, 0.3) is 10.0 Å². The molecule has 1 heterocycles. The van der Waals surface area contributed by atoms with E-state index in [1.807, 2.05) is 0 Å². The van der Waals surface area contributed by atoms with E-state index in [0.29, 0.717) is 11.6 Å². The van der Waals surface area contributed by atoms with E-state index in [2.05, 4.69) is 22.1 Å². The highest BCUT2D eigenvalue weighted by Gasteiger charge is 2.28. The van der Waals surface area contributed by atoms with Gasteiger partial charge in [-0.1, -0.05) is 19.8 Å². The minimum atomic E-state index is -3.64. The molecule has 2 atom stereocenters. The normalized spacial score (nSPS) is 24.1. The second kappa shape index (κ2) is 5.85. The lowest BCUT2D eigenvalue weighted by Gasteiger charge is -2.29. The van der Waals surface area contributed by atoms with E-state index < -0.39 is 10.0 Å². The maximum absolute atomic E-state index is 12.4. The van der Waals surface area contributed by atoms with Crippen LogP contribution in [0.2, 0.25) is 0 Å². The molecule has 0 aliphatic heterocycles. The van der Waals surface area contributed by atoms with Crippen LogP contribution in [0.15, 0.2) is 23.4 Å². The summed E-state index contributed by atoms with van der Waals surface area (Å²) in [5, 5.41) is -0.0460. The van der Waals surface area contributed by atoms with Crippen LogP contribution in [0, 0.1) is 5.92 Å². The zero-order valence-electron chi connectivity index (χ0n) is 11.0. The number of sulfonamides is 1. The van der Waals surface area contributed by atoms with Crippen molar-refractivity contribution in [3.63, 3.8) is 0 Å². The molecule has 2 rings (SSSR count). The van der Waals surface area contributed by atoms with Crippen molar-refractivity contribution < 1.29 is 8.42 Å². The molecule has 0 aromatic carbocycles. The van der Waals surface area contributed by atoms with Gasteiger partial charge in [0.15, 0.2) is 5.03 Å². The number of hydrogen-bond acceptors (Lipinski definition) is 5. The summed E-state index contributed by atoms with van der Waals surface area (Å²) in [5.41, 5.74) is 2.67. The molecule has 4 N–H and O–H groups in total. The highest BCUT2D eigenvalue weighted by atomic mass is 32.2. The number of hydrogen-bond donors (Lipinski definition) is 3. The molecule has 6 nitrogen and oxygen atoms in total. The Morgan fingerprint density at radius 2 is 2.11 bits per heavy atom. The van der Waals surface area contributed by atoms with Crippen molar-refractivity contribution in [3.8, 4) is 0 Å². The second-order valence-corrected chi connectivity index (χ2v) is 6.62. The van der Waals surface area contributed by atoms with Crippen LogP contribution in [-0.2, 0) is 10.0 Å². The van der Waals surface area contributed by atoms with Gasteiger partial charge in [0.1, 0.15) is 0 Å². The summed E-state index contributed by atoms with van der Waals surface area (Å²) in [6.45, 7) is 2.08. The van der Waals surface area contributed by atoms with Gasteiger partial charge in [0, 0.05) is 12.2 Å². The Kier molecular flexibility index (Phi) is 4.38. The number of pyridine rings is 1. The van der Waals surface area contributed by atoms with Gasteiger partial charge in [0.05, 0.1) is 5.69 Å². The van der Waals surface area contributed by atoms with Crippen molar-refractivity contribution in [3.05, 3.63) is 18.3 Å². The summed E-state index contributed by atoms with van der Waals surface area (Å²) in [4.78, 5) is 3.92. The largest absolute Gasteiger partial charge is 0.321 e. The predicted octanol–water partition coefficient (Wildman–Crippen LogP) is 1.22. The van der Waals surface area contributed by atoms with Gasteiger partial charge in [0.2, 0.25) is 0 Å². The lowest BCUT2D eigenvalue weighted by atomic mass is 9.87. The van der Waals surface area contributed by atoms with E-state index >= 15 is 0 Å². The van der Waals surface area contributed by atoms with Gasteiger partial charge in [-0.25, -0.2) is 18.1 Å². The predicted molar refractivity (Wildman–Crippen MR) is 73.8 cm³/mol. The highest BCUT2D eigenvalue weighted by molar-refractivity contribution is 7.89. The summed E-state index contributed by atoms with van der Waals surface area (Å²) in [7, 11) is -3.64. The Morgan fingerprint density at radius 3 is 2.79 bits per heavy atom. The van der Waals surface area contributed by atoms with Gasteiger partial charge in [-0.05, 0) is 30.9 Å². The lowest BCUT2D eigenvalue weighted by molar-refractivity contribution is 0.310. The first-order valence-electron chi connectivity index (χ1n) is 6.48. The van der Waals surface area contributed by atoms with E-state index in [-0.39, 0.29) is 11.1 Å². The van der Waals surface area contributed by atoms with Crippen molar-refractivity contribution in [1.29, 1.82) is 0 Å². The van der Waals surface area contributed by atoms with Gasteiger partial charge in [-0.15, -0.1) is 0 Å². The first kappa shape index (κ1) is 14.2.